The van der Waals surface area contributed by atoms with Crippen LogP contribution in [0.4, 0.5) is 5.69 Å². The summed E-state index contributed by atoms with van der Waals surface area (Å²) in [6, 6.07) is 14.0. The third kappa shape index (κ3) is 4.58. The fourth-order valence-electron chi connectivity index (χ4n) is 1.86. The van der Waals surface area contributed by atoms with Crippen molar-refractivity contribution in [1.29, 1.82) is 0 Å². The van der Waals surface area contributed by atoms with Gasteiger partial charge in [-0.05, 0) is 42.0 Å². The number of anilines is 1. The maximum Gasteiger partial charge on any atom is 0.214 e. The van der Waals surface area contributed by atoms with E-state index in [1.54, 1.807) is 19.2 Å². The lowest BCUT2D eigenvalue weighted by Gasteiger charge is -2.27. The van der Waals surface area contributed by atoms with Crippen molar-refractivity contribution in [2.45, 2.75) is 9.83 Å². The Labute approximate surface area is 143 Å². The molecule has 0 heterocycles. The maximum atomic E-state index is 6.09. The summed E-state index contributed by atoms with van der Waals surface area (Å²) in [5, 5.41) is 3.84. The Morgan fingerprint density at radius 3 is 2.00 bits per heavy atom. The van der Waals surface area contributed by atoms with Gasteiger partial charge in [0.25, 0.3) is 0 Å². The second-order valence-electron chi connectivity index (χ2n) is 4.40. The fourth-order valence-corrected chi connectivity index (χ4v) is 2.53. The summed E-state index contributed by atoms with van der Waals surface area (Å²) in [6.45, 7) is 0. The minimum atomic E-state index is -1.51. The predicted molar refractivity (Wildman–Crippen MR) is 91.1 cm³/mol. The Morgan fingerprint density at radius 1 is 0.952 bits per heavy atom. The number of nitrogens with one attached hydrogen (secondary N) is 1. The van der Waals surface area contributed by atoms with Crippen molar-refractivity contribution in [2.75, 3.05) is 12.4 Å². The summed E-state index contributed by atoms with van der Waals surface area (Å²) >= 11 is 24.2. The van der Waals surface area contributed by atoms with E-state index < -0.39 is 9.83 Å². The fraction of sp³-hybridized carbons (Fsp3) is 0.200. The molecule has 1 atom stereocenters. The number of halogens is 4. The van der Waals surface area contributed by atoms with Gasteiger partial charge in [0, 0.05) is 10.7 Å². The first-order chi connectivity index (χ1) is 9.90. The molecule has 6 heteroatoms. The van der Waals surface area contributed by atoms with Gasteiger partial charge in [0.2, 0.25) is 3.79 Å². The van der Waals surface area contributed by atoms with E-state index in [1.165, 1.54) is 0 Å². The summed E-state index contributed by atoms with van der Waals surface area (Å²) in [4.78, 5) is 0. The van der Waals surface area contributed by atoms with Crippen LogP contribution in [-0.2, 0) is 0 Å². The highest BCUT2D eigenvalue weighted by Gasteiger charge is 2.33. The molecule has 0 aliphatic carbocycles. The quantitative estimate of drug-likeness (QED) is 0.684. The molecule has 2 aromatic rings. The van der Waals surface area contributed by atoms with Crippen LogP contribution in [0.2, 0.25) is 5.02 Å². The van der Waals surface area contributed by atoms with Crippen LogP contribution in [-0.4, -0.2) is 10.9 Å². The van der Waals surface area contributed by atoms with Crippen molar-refractivity contribution >= 4 is 52.1 Å². The van der Waals surface area contributed by atoms with Crippen LogP contribution < -0.4 is 10.1 Å². The number of methoxy groups -OCH3 is 1. The zero-order valence-corrected chi connectivity index (χ0v) is 14.1. The van der Waals surface area contributed by atoms with E-state index in [4.69, 9.17) is 51.1 Å². The molecule has 0 aliphatic rings. The number of alkyl halides is 3. The number of benzene rings is 2. The summed E-state index contributed by atoms with van der Waals surface area (Å²) < 4.78 is 3.61. The van der Waals surface area contributed by atoms with E-state index >= 15 is 0 Å². The van der Waals surface area contributed by atoms with E-state index in [9.17, 15) is 0 Å². The smallest absolute Gasteiger partial charge is 0.214 e. The Morgan fingerprint density at radius 2 is 1.52 bits per heavy atom. The lowest BCUT2D eigenvalue weighted by atomic mass is 10.1. The normalized spacial score (nSPS) is 12.8. The van der Waals surface area contributed by atoms with E-state index in [-0.39, 0.29) is 0 Å². The number of ether oxygens (including phenoxy) is 1. The molecule has 0 fully saturated rings. The molecule has 112 valence electrons. The van der Waals surface area contributed by atoms with E-state index in [0.29, 0.717) is 5.02 Å². The molecule has 0 saturated heterocycles. The van der Waals surface area contributed by atoms with Crippen LogP contribution in [0.5, 0.6) is 5.75 Å². The first-order valence-electron chi connectivity index (χ1n) is 6.13. The minimum absolute atomic E-state index is 0.506. The van der Waals surface area contributed by atoms with Crippen molar-refractivity contribution < 1.29 is 4.74 Å². The van der Waals surface area contributed by atoms with E-state index in [1.807, 2.05) is 36.4 Å². The molecule has 0 saturated carbocycles. The maximum absolute atomic E-state index is 6.09. The molecule has 0 bridgehead atoms. The monoisotopic (exact) mass is 363 g/mol. The molecule has 1 N–H and O–H groups in total. The van der Waals surface area contributed by atoms with Crippen LogP contribution >= 0.6 is 46.4 Å². The van der Waals surface area contributed by atoms with Gasteiger partial charge in [0.1, 0.15) is 5.75 Å². The summed E-state index contributed by atoms with van der Waals surface area (Å²) in [7, 11) is 1.61. The van der Waals surface area contributed by atoms with Crippen molar-refractivity contribution in [3.63, 3.8) is 0 Å². The Balaban J connectivity index is 2.26. The third-order valence-electron chi connectivity index (χ3n) is 2.93. The number of rotatable bonds is 4. The molecular weight excluding hydrogens is 352 g/mol. The molecule has 2 rings (SSSR count). The molecule has 2 aromatic carbocycles. The molecule has 21 heavy (non-hydrogen) atoms. The lowest BCUT2D eigenvalue weighted by Crippen LogP contribution is -2.25. The van der Waals surface area contributed by atoms with E-state index in [2.05, 4.69) is 5.32 Å². The number of hydrogen-bond acceptors (Lipinski definition) is 2. The first-order valence-corrected chi connectivity index (χ1v) is 7.64. The number of hydrogen-bond donors (Lipinski definition) is 1. The molecule has 0 radical (unpaired) electrons. The van der Waals surface area contributed by atoms with Gasteiger partial charge < -0.3 is 10.1 Å². The minimum Gasteiger partial charge on any atom is -0.497 e. The summed E-state index contributed by atoms with van der Waals surface area (Å²) in [6.07, 6.45) is 0. The van der Waals surface area contributed by atoms with Gasteiger partial charge in [-0.15, -0.1) is 0 Å². The molecular formula is C15H13Cl4NO. The average Bonchev–Trinajstić information content (AvgIpc) is 2.45. The molecule has 0 amide bonds. The van der Waals surface area contributed by atoms with Crippen LogP contribution in [0, 0.1) is 0 Å². The zero-order chi connectivity index (χ0) is 15.5. The zero-order valence-electron chi connectivity index (χ0n) is 11.1. The Hall–Kier alpha value is -0.800. The summed E-state index contributed by atoms with van der Waals surface area (Å²) in [5.41, 5.74) is 1.65. The molecule has 0 aromatic heterocycles. The van der Waals surface area contributed by atoms with Crippen LogP contribution in [0.15, 0.2) is 48.5 Å². The largest absolute Gasteiger partial charge is 0.497 e. The van der Waals surface area contributed by atoms with Gasteiger partial charge in [-0.3, -0.25) is 0 Å². The highest BCUT2D eigenvalue weighted by molar-refractivity contribution is 6.68. The van der Waals surface area contributed by atoms with Crippen molar-refractivity contribution in [1.82, 2.24) is 0 Å². The highest BCUT2D eigenvalue weighted by atomic mass is 35.6. The average molecular weight is 365 g/mol. The van der Waals surface area contributed by atoms with Crippen molar-refractivity contribution in [3.8, 4) is 5.75 Å². The molecule has 2 nitrogen and oxygen atoms in total. The lowest BCUT2D eigenvalue weighted by molar-refractivity contribution is 0.415. The Kier molecular flexibility index (Phi) is 5.50. The summed E-state index contributed by atoms with van der Waals surface area (Å²) in [5.74, 6) is 0.762. The molecule has 0 aliphatic heterocycles. The van der Waals surface area contributed by atoms with E-state index in [0.717, 1.165) is 17.0 Å². The third-order valence-corrected chi connectivity index (χ3v) is 3.84. The van der Waals surface area contributed by atoms with Gasteiger partial charge in [0.05, 0.1) is 13.2 Å². The second kappa shape index (κ2) is 6.97. The van der Waals surface area contributed by atoms with Crippen molar-refractivity contribution in [3.05, 3.63) is 59.1 Å². The predicted octanol–water partition coefficient (Wildman–Crippen LogP) is 5.87. The van der Waals surface area contributed by atoms with Crippen LogP contribution in [0.25, 0.3) is 0 Å². The molecule has 0 spiro atoms. The van der Waals surface area contributed by atoms with Gasteiger partial charge in [-0.1, -0.05) is 58.5 Å². The van der Waals surface area contributed by atoms with Gasteiger partial charge in [-0.25, -0.2) is 0 Å². The van der Waals surface area contributed by atoms with Gasteiger partial charge in [0.15, 0.2) is 0 Å². The SMILES string of the molecule is COc1ccc(NC(c2ccc(Cl)cc2)C(Cl)(Cl)Cl)cc1. The highest BCUT2D eigenvalue weighted by Crippen LogP contribution is 2.42. The first kappa shape index (κ1) is 16.6. The standard InChI is InChI=1S/C15H13Cl4NO/c1-21-13-8-6-12(7-9-13)20-14(15(17,18)19)10-2-4-11(16)5-3-10/h2-9,14,20H,1H3. The second-order valence-corrected chi connectivity index (χ2v) is 7.20. The van der Waals surface area contributed by atoms with Gasteiger partial charge in [-0.2, -0.15) is 0 Å². The topological polar surface area (TPSA) is 21.3 Å². The van der Waals surface area contributed by atoms with Crippen LogP contribution in [0.1, 0.15) is 11.6 Å². The van der Waals surface area contributed by atoms with Crippen molar-refractivity contribution in [2.24, 2.45) is 0 Å². The Bertz CT molecular complexity index is 578. The van der Waals surface area contributed by atoms with Gasteiger partial charge >= 0.3 is 0 Å². The van der Waals surface area contributed by atoms with Crippen LogP contribution in [0.3, 0.4) is 0 Å². The molecule has 1 unspecified atom stereocenters.